The number of carbonyl (C=O) groups is 3. The molecule has 2 N–H and O–H groups in total. The Balaban J connectivity index is 2.16. The van der Waals surface area contributed by atoms with Gasteiger partial charge in [0.25, 0.3) is 0 Å². The molecule has 1 aromatic carbocycles. The van der Waals surface area contributed by atoms with E-state index in [1.165, 1.54) is 13.8 Å². The number of rotatable bonds is 4. The molecular weight excluding hydrogens is 500 g/mol. The van der Waals surface area contributed by atoms with Gasteiger partial charge in [0, 0.05) is 37.5 Å². The summed E-state index contributed by atoms with van der Waals surface area (Å²) in [5.41, 5.74) is -1.33. The minimum atomic E-state index is -1.60. The predicted molar refractivity (Wildman–Crippen MR) is 145 cm³/mol. The topological polar surface area (TPSA) is 119 Å². The van der Waals surface area contributed by atoms with Crippen molar-refractivity contribution < 1.29 is 38.8 Å². The molecule has 1 fully saturated rings. The monoisotopic (exact) mass is 542 g/mol. The summed E-state index contributed by atoms with van der Waals surface area (Å²) in [7, 11) is 0. The molecule has 0 bridgehead atoms. The molecule has 2 aliphatic rings. The SMILES string of the molecule is CC(=O)O[C@@H]1C[C@@H](O)C(C)(C)C=C[C@H](C)[C@H](OC(C)=O)[C@@]2(O)C[C@H](C)[C@H](OC(=O)c3ccccc3)[C@@H]2C=C1C. The summed E-state index contributed by atoms with van der Waals surface area (Å²) in [6.07, 6.45) is 2.40. The van der Waals surface area contributed by atoms with Crippen molar-refractivity contribution in [3.8, 4) is 0 Å². The van der Waals surface area contributed by atoms with Gasteiger partial charge in [-0.25, -0.2) is 4.79 Å². The van der Waals surface area contributed by atoms with Gasteiger partial charge in [-0.15, -0.1) is 0 Å². The van der Waals surface area contributed by atoms with Gasteiger partial charge in [-0.1, -0.05) is 64.1 Å². The van der Waals surface area contributed by atoms with Crippen molar-refractivity contribution in [1.29, 1.82) is 0 Å². The Morgan fingerprint density at radius 2 is 1.59 bits per heavy atom. The van der Waals surface area contributed by atoms with Crippen LogP contribution in [0, 0.1) is 23.2 Å². The maximum atomic E-state index is 13.1. The van der Waals surface area contributed by atoms with E-state index < -0.39 is 65.2 Å². The van der Waals surface area contributed by atoms with Crippen LogP contribution in [-0.2, 0) is 23.8 Å². The molecule has 0 saturated heterocycles. The molecule has 3 rings (SSSR count). The van der Waals surface area contributed by atoms with Crippen molar-refractivity contribution in [1.82, 2.24) is 0 Å². The van der Waals surface area contributed by atoms with Crippen molar-refractivity contribution in [2.24, 2.45) is 23.2 Å². The summed E-state index contributed by atoms with van der Waals surface area (Å²) in [6.45, 7) is 11.8. The molecule has 0 aromatic heterocycles. The number of carbonyl (C=O) groups excluding carboxylic acids is 3. The predicted octanol–water partition coefficient (Wildman–Crippen LogP) is 4.39. The number of aliphatic hydroxyl groups excluding tert-OH is 1. The third-order valence-electron chi connectivity index (χ3n) is 8.04. The zero-order valence-corrected chi connectivity index (χ0v) is 23.9. The number of hydrogen-bond donors (Lipinski definition) is 2. The van der Waals surface area contributed by atoms with Crippen LogP contribution in [0.3, 0.4) is 0 Å². The first-order valence-electron chi connectivity index (χ1n) is 13.5. The maximum Gasteiger partial charge on any atom is 0.338 e. The fourth-order valence-corrected chi connectivity index (χ4v) is 5.79. The van der Waals surface area contributed by atoms with E-state index in [2.05, 4.69) is 0 Å². The van der Waals surface area contributed by atoms with E-state index in [0.717, 1.165) is 0 Å². The highest BCUT2D eigenvalue weighted by molar-refractivity contribution is 5.89. The van der Waals surface area contributed by atoms with E-state index in [0.29, 0.717) is 11.1 Å². The summed E-state index contributed by atoms with van der Waals surface area (Å²) in [5.74, 6) is -3.09. The molecule has 0 radical (unpaired) electrons. The van der Waals surface area contributed by atoms with Gasteiger partial charge in [0.2, 0.25) is 0 Å². The van der Waals surface area contributed by atoms with Crippen LogP contribution in [0.1, 0.15) is 71.7 Å². The molecule has 1 aromatic rings. The average Bonchev–Trinajstić information content (AvgIpc) is 3.09. The number of benzene rings is 1. The van der Waals surface area contributed by atoms with Gasteiger partial charge < -0.3 is 24.4 Å². The highest BCUT2D eigenvalue weighted by Gasteiger charge is 2.58. The lowest BCUT2D eigenvalue weighted by Gasteiger charge is -2.40. The smallest absolute Gasteiger partial charge is 0.338 e. The van der Waals surface area contributed by atoms with Crippen molar-refractivity contribution >= 4 is 17.9 Å². The Kier molecular flexibility index (Phi) is 9.44. The number of hydrogen-bond acceptors (Lipinski definition) is 8. The molecule has 0 aliphatic heterocycles. The van der Waals surface area contributed by atoms with Crippen LogP contribution in [0.25, 0.3) is 0 Å². The lowest BCUT2D eigenvalue weighted by atomic mass is 9.75. The summed E-state index contributed by atoms with van der Waals surface area (Å²) >= 11 is 0. The number of fused-ring (bicyclic) bond motifs is 1. The summed E-state index contributed by atoms with van der Waals surface area (Å²) in [4.78, 5) is 37.4. The van der Waals surface area contributed by atoms with E-state index in [1.54, 1.807) is 43.3 Å². The van der Waals surface area contributed by atoms with Gasteiger partial charge in [0.15, 0.2) is 0 Å². The van der Waals surface area contributed by atoms with E-state index in [4.69, 9.17) is 14.2 Å². The zero-order valence-electron chi connectivity index (χ0n) is 23.9. The van der Waals surface area contributed by atoms with Gasteiger partial charge in [-0.3, -0.25) is 9.59 Å². The van der Waals surface area contributed by atoms with E-state index in [1.807, 2.05) is 39.8 Å². The second-order valence-corrected chi connectivity index (χ2v) is 11.8. The van der Waals surface area contributed by atoms with E-state index in [9.17, 15) is 24.6 Å². The minimum Gasteiger partial charge on any atom is -0.459 e. The van der Waals surface area contributed by atoms with E-state index in [-0.39, 0.29) is 18.8 Å². The fraction of sp³-hybridized carbons (Fsp3) is 0.581. The third kappa shape index (κ3) is 6.97. The number of ether oxygens (including phenoxy) is 3. The molecule has 0 amide bonds. The van der Waals surface area contributed by atoms with Crippen LogP contribution in [0.4, 0.5) is 0 Å². The molecule has 0 unspecified atom stereocenters. The van der Waals surface area contributed by atoms with Crippen molar-refractivity contribution in [3.63, 3.8) is 0 Å². The number of aliphatic hydroxyl groups is 2. The molecule has 2 aliphatic carbocycles. The van der Waals surface area contributed by atoms with Gasteiger partial charge in [0.1, 0.15) is 23.9 Å². The second kappa shape index (κ2) is 12.0. The van der Waals surface area contributed by atoms with Gasteiger partial charge in [-0.2, -0.15) is 0 Å². The zero-order chi connectivity index (χ0) is 29.1. The minimum absolute atomic E-state index is 0.135. The molecule has 1 saturated carbocycles. The largest absolute Gasteiger partial charge is 0.459 e. The van der Waals surface area contributed by atoms with Gasteiger partial charge >= 0.3 is 17.9 Å². The lowest BCUT2D eigenvalue weighted by Crippen LogP contribution is -2.52. The summed E-state index contributed by atoms with van der Waals surface area (Å²) in [6, 6.07) is 8.60. The molecule has 8 atom stereocenters. The molecule has 8 nitrogen and oxygen atoms in total. The van der Waals surface area contributed by atoms with Crippen molar-refractivity contribution in [2.75, 3.05) is 0 Å². The Bertz CT molecular complexity index is 1110. The fourth-order valence-electron chi connectivity index (χ4n) is 5.79. The molecular formula is C31H42O8. The molecule has 214 valence electrons. The summed E-state index contributed by atoms with van der Waals surface area (Å²) in [5, 5.41) is 23.5. The van der Waals surface area contributed by atoms with Crippen LogP contribution in [0.5, 0.6) is 0 Å². The Labute approximate surface area is 231 Å². The normalized spacial score (nSPS) is 34.5. The summed E-state index contributed by atoms with van der Waals surface area (Å²) < 4.78 is 17.4. The van der Waals surface area contributed by atoms with Crippen LogP contribution >= 0.6 is 0 Å². The van der Waals surface area contributed by atoms with Crippen LogP contribution < -0.4 is 0 Å². The van der Waals surface area contributed by atoms with Gasteiger partial charge in [0.05, 0.1) is 11.7 Å². The lowest BCUT2D eigenvalue weighted by molar-refractivity contribution is -0.173. The first-order chi connectivity index (χ1) is 18.2. The van der Waals surface area contributed by atoms with Crippen LogP contribution in [0.2, 0.25) is 0 Å². The highest BCUT2D eigenvalue weighted by Crippen LogP contribution is 2.48. The Morgan fingerprint density at radius 1 is 0.974 bits per heavy atom. The van der Waals surface area contributed by atoms with Crippen LogP contribution in [-0.4, -0.2) is 58.1 Å². The standard InChI is InChI=1S/C31H42O8/c1-18-13-14-30(6,7)26(34)16-25(37-21(4)32)19(2)15-24-27(39-29(35)23-11-9-8-10-12-23)20(3)17-31(24,36)28(18)38-22(5)33/h8-15,18,20,24-28,34,36H,16-17H2,1-7H3/t18-,20-,24-,25+,26+,27-,28-,31+/m0/s1. The van der Waals surface area contributed by atoms with E-state index >= 15 is 0 Å². The Morgan fingerprint density at radius 3 is 2.18 bits per heavy atom. The highest BCUT2D eigenvalue weighted by atomic mass is 16.6. The first kappa shape index (κ1) is 30.6. The average molecular weight is 543 g/mol. The molecule has 0 heterocycles. The second-order valence-electron chi connectivity index (χ2n) is 11.8. The van der Waals surface area contributed by atoms with Crippen molar-refractivity contribution in [3.05, 3.63) is 59.7 Å². The molecule has 39 heavy (non-hydrogen) atoms. The number of esters is 3. The maximum absolute atomic E-state index is 13.1. The van der Waals surface area contributed by atoms with Crippen molar-refractivity contribution in [2.45, 2.75) is 91.3 Å². The first-order valence-corrected chi connectivity index (χ1v) is 13.5. The third-order valence-corrected chi connectivity index (χ3v) is 8.04. The Hall–Kier alpha value is -2.97. The quantitative estimate of drug-likeness (QED) is 0.327. The van der Waals surface area contributed by atoms with Crippen LogP contribution in [0.15, 0.2) is 54.1 Å². The van der Waals surface area contributed by atoms with Gasteiger partial charge in [-0.05, 0) is 37.0 Å². The molecule has 8 heteroatoms. The molecule has 0 spiro atoms.